The van der Waals surface area contributed by atoms with Crippen molar-refractivity contribution < 1.29 is 19.1 Å². The number of rotatable bonds is 4. The molecule has 1 heterocycles. The normalized spacial score (nSPS) is 19.2. The topological polar surface area (TPSA) is 105 Å². The standard InChI is InChI=1S/C17H24N4O4/c1-11-10-20(14-6-4-13(5-7-14)16(23)25-3)8-9-21(11)12(2)15(22)19-17(18)24/h4-7,11-12H,8-10H2,1-3H3,(H3,18,19,22,24)/t11-,12-/m0/s1. The summed E-state index contributed by atoms with van der Waals surface area (Å²) in [7, 11) is 1.35. The van der Waals surface area contributed by atoms with Gasteiger partial charge in [-0.25, -0.2) is 9.59 Å². The molecule has 1 aromatic carbocycles. The number of benzene rings is 1. The van der Waals surface area contributed by atoms with Crippen LogP contribution in [-0.2, 0) is 9.53 Å². The molecule has 3 N–H and O–H groups in total. The Labute approximate surface area is 146 Å². The van der Waals surface area contributed by atoms with Crippen molar-refractivity contribution in [2.75, 3.05) is 31.6 Å². The molecule has 1 fully saturated rings. The van der Waals surface area contributed by atoms with E-state index in [4.69, 9.17) is 10.5 Å². The van der Waals surface area contributed by atoms with E-state index in [1.54, 1.807) is 19.1 Å². The lowest BCUT2D eigenvalue weighted by atomic mass is 10.1. The fraction of sp³-hybridized carbons (Fsp3) is 0.471. The van der Waals surface area contributed by atoms with E-state index in [-0.39, 0.29) is 12.0 Å². The molecule has 0 radical (unpaired) electrons. The second-order valence-electron chi connectivity index (χ2n) is 6.10. The molecule has 2 atom stereocenters. The highest BCUT2D eigenvalue weighted by molar-refractivity contribution is 5.96. The number of piperazine rings is 1. The van der Waals surface area contributed by atoms with Crippen LogP contribution in [0.15, 0.2) is 24.3 Å². The molecule has 136 valence electrons. The van der Waals surface area contributed by atoms with Crippen LogP contribution in [0.5, 0.6) is 0 Å². The average molecular weight is 348 g/mol. The third-order valence-electron chi connectivity index (χ3n) is 4.46. The highest BCUT2D eigenvalue weighted by atomic mass is 16.5. The van der Waals surface area contributed by atoms with Crippen molar-refractivity contribution in [3.8, 4) is 0 Å². The molecule has 0 unspecified atom stereocenters. The van der Waals surface area contributed by atoms with Gasteiger partial charge in [-0.3, -0.25) is 15.0 Å². The minimum atomic E-state index is -0.839. The van der Waals surface area contributed by atoms with Gasteiger partial charge < -0.3 is 15.4 Å². The van der Waals surface area contributed by atoms with Crippen LogP contribution in [0.2, 0.25) is 0 Å². The van der Waals surface area contributed by atoms with Gasteiger partial charge in [0.1, 0.15) is 0 Å². The highest BCUT2D eigenvalue weighted by Crippen LogP contribution is 2.21. The Kier molecular flexibility index (Phi) is 5.97. The zero-order valence-electron chi connectivity index (χ0n) is 14.7. The number of hydrogen-bond donors (Lipinski definition) is 2. The summed E-state index contributed by atoms with van der Waals surface area (Å²) in [5.74, 6) is -0.755. The molecular formula is C17H24N4O4. The zero-order chi connectivity index (χ0) is 18.6. The Morgan fingerprint density at radius 1 is 1.24 bits per heavy atom. The molecule has 0 bridgehead atoms. The van der Waals surface area contributed by atoms with E-state index < -0.39 is 18.0 Å². The number of nitrogens with zero attached hydrogens (tertiary/aromatic N) is 2. The van der Waals surface area contributed by atoms with Gasteiger partial charge in [0.05, 0.1) is 18.7 Å². The van der Waals surface area contributed by atoms with Gasteiger partial charge in [-0.05, 0) is 38.1 Å². The minimum Gasteiger partial charge on any atom is -0.465 e. The summed E-state index contributed by atoms with van der Waals surface area (Å²) in [6, 6.07) is 6.08. The van der Waals surface area contributed by atoms with Crippen LogP contribution in [0.3, 0.4) is 0 Å². The van der Waals surface area contributed by atoms with Gasteiger partial charge >= 0.3 is 12.0 Å². The van der Waals surface area contributed by atoms with Gasteiger partial charge in [-0.1, -0.05) is 0 Å². The lowest BCUT2D eigenvalue weighted by Gasteiger charge is -2.43. The van der Waals surface area contributed by atoms with E-state index in [1.165, 1.54) is 7.11 Å². The molecule has 0 aromatic heterocycles. The van der Waals surface area contributed by atoms with Crippen LogP contribution in [0.4, 0.5) is 10.5 Å². The second kappa shape index (κ2) is 7.98. The van der Waals surface area contributed by atoms with Crippen molar-refractivity contribution in [1.82, 2.24) is 10.2 Å². The number of primary amides is 1. The number of ether oxygens (including phenoxy) is 1. The maximum atomic E-state index is 12.0. The summed E-state index contributed by atoms with van der Waals surface area (Å²) < 4.78 is 4.70. The van der Waals surface area contributed by atoms with Crippen LogP contribution in [0, 0.1) is 0 Å². The summed E-state index contributed by atoms with van der Waals surface area (Å²) >= 11 is 0. The zero-order valence-corrected chi connectivity index (χ0v) is 14.7. The number of esters is 1. The number of amides is 3. The molecule has 8 heteroatoms. The van der Waals surface area contributed by atoms with Crippen molar-refractivity contribution in [1.29, 1.82) is 0 Å². The SMILES string of the molecule is COC(=O)c1ccc(N2CCN([C@@H](C)C(=O)NC(N)=O)[C@@H](C)C2)cc1. The van der Waals surface area contributed by atoms with Crippen LogP contribution in [-0.4, -0.2) is 61.6 Å². The number of hydrogen-bond acceptors (Lipinski definition) is 6. The number of nitrogens with one attached hydrogen (secondary N) is 1. The number of carbonyl (C=O) groups is 3. The molecule has 1 aromatic rings. The molecule has 0 aliphatic carbocycles. The molecule has 1 saturated heterocycles. The van der Waals surface area contributed by atoms with Crippen molar-refractivity contribution in [3.63, 3.8) is 0 Å². The Morgan fingerprint density at radius 3 is 2.40 bits per heavy atom. The molecule has 0 spiro atoms. The van der Waals surface area contributed by atoms with Crippen molar-refractivity contribution in [2.24, 2.45) is 5.73 Å². The fourth-order valence-corrected chi connectivity index (χ4v) is 3.08. The summed E-state index contributed by atoms with van der Waals surface area (Å²) in [6.45, 7) is 5.92. The number of nitrogens with two attached hydrogens (primary N) is 1. The molecule has 3 amide bonds. The number of methoxy groups -OCH3 is 1. The van der Waals surface area contributed by atoms with Gasteiger partial charge in [0.15, 0.2) is 0 Å². The monoisotopic (exact) mass is 348 g/mol. The first-order valence-corrected chi connectivity index (χ1v) is 8.13. The third kappa shape index (κ3) is 4.48. The smallest absolute Gasteiger partial charge is 0.337 e. The molecule has 25 heavy (non-hydrogen) atoms. The van der Waals surface area contributed by atoms with Crippen molar-refractivity contribution >= 4 is 23.6 Å². The third-order valence-corrected chi connectivity index (χ3v) is 4.46. The molecule has 8 nitrogen and oxygen atoms in total. The van der Waals surface area contributed by atoms with Crippen LogP contribution in [0.25, 0.3) is 0 Å². The van der Waals surface area contributed by atoms with Crippen molar-refractivity contribution in [3.05, 3.63) is 29.8 Å². The highest BCUT2D eigenvalue weighted by Gasteiger charge is 2.31. The van der Waals surface area contributed by atoms with E-state index in [9.17, 15) is 14.4 Å². The van der Waals surface area contributed by atoms with E-state index in [1.807, 2.05) is 24.0 Å². The van der Waals surface area contributed by atoms with Crippen LogP contribution in [0.1, 0.15) is 24.2 Å². The second-order valence-corrected chi connectivity index (χ2v) is 6.10. The number of imide groups is 1. The first kappa shape index (κ1) is 18.7. The number of anilines is 1. The van der Waals surface area contributed by atoms with Crippen LogP contribution >= 0.6 is 0 Å². The summed E-state index contributed by atoms with van der Waals surface area (Å²) in [5, 5.41) is 2.13. The van der Waals surface area contributed by atoms with Gasteiger partial charge in [0.2, 0.25) is 5.91 Å². The maximum absolute atomic E-state index is 12.0. The van der Waals surface area contributed by atoms with E-state index >= 15 is 0 Å². The lowest BCUT2D eigenvalue weighted by Crippen LogP contribution is -2.59. The first-order valence-electron chi connectivity index (χ1n) is 8.13. The summed E-state index contributed by atoms with van der Waals surface area (Å²) in [4.78, 5) is 38.5. The van der Waals surface area contributed by atoms with Gasteiger partial charge in [0.25, 0.3) is 0 Å². The number of carbonyl (C=O) groups excluding carboxylic acids is 3. The predicted molar refractivity (Wildman–Crippen MR) is 93.4 cm³/mol. The molecule has 0 saturated carbocycles. The fourth-order valence-electron chi connectivity index (χ4n) is 3.08. The molecule has 1 aliphatic rings. The van der Waals surface area contributed by atoms with E-state index in [2.05, 4.69) is 10.2 Å². The summed E-state index contributed by atoms with van der Waals surface area (Å²) in [6.07, 6.45) is 0. The van der Waals surface area contributed by atoms with E-state index in [0.29, 0.717) is 12.1 Å². The first-order chi connectivity index (χ1) is 11.8. The Hall–Kier alpha value is -2.61. The average Bonchev–Trinajstić information content (AvgIpc) is 2.60. The Morgan fingerprint density at radius 2 is 1.88 bits per heavy atom. The lowest BCUT2D eigenvalue weighted by molar-refractivity contribution is -0.125. The van der Waals surface area contributed by atoms with Gasteiger partial charge in [0, 0.05) is 31.4 Å². The molecular weight excluding hydrogens is 324 g/mol. The van der Waals surface area contributed by atoms with Gasteiger partial charge in [-0.2, -0.15) is 0 Å². The van der Waals surface area contributed by atoms with Crippen LogP contribution < -0.4 is 16.0 Å². The van der Waals surface area contributed by atoms with Gasteiger partial charge in [-0.15, -0.1) is 0 Å². The minimum absolute atomic E-state index is 0.114. The number of urea groups is 1. The maximum Gasteiger partial charge on any atom is 0.337 e. The van der Waals surface area contributed by atoms with Crippen molar-refractivity contribution in [2.45, 2.75) is 25.9 Å². The predicted octanol–water partition coefficient (Wildman–Crippen LogP) is 0.567. The summed E-state index contributed by atoms with van der Waals surface area (Å²) in [5.41, 5.74) is 6.52. The Balaban J connectivity index is 2.00. The Bertz CT molecular complexity index is 647. The largest absolute Gasteiger partial charge is 0.465 e. The molecule has 2 rings (SSSR count). The van der Waals surface area contributed by atoms with E-state index in [0.717, 1.165) is 18.8 Å². The quantitative estimate of drug-likeness (QED) is 0.771. The molecule has 1 aliphatic heterocycles.